The molecule has 0 aliphatic rings. The van der Waals surface area contributed by atoms with Crippen molar-refractivity contribution in [2.45, 2.75) is 30.8 Å². The van der Waals surface area contributed by atoms with E-state index >= 15 is 0 Å². The van der Waals surface area contributed by atoms with Crippen LogP contribution in [0.2, 0.25) is 0 Å². The number of nitrogens with zero attached hydrogens (tertiary/aromatic N) is 3. The molecule has 0 aliphatic heterocycles. The average molecular weight is 382 g/mol. The Morgan fingerprint density at radius 1 is 1.15 bits per heavy atom. The van der Waals surface area contributed by atoms with Gasteiger partial charge in [-0.15, -0.1) is 10.2 Å². The molecule has 1 aromatic heterocycles. The van der Waals surface area contributed by atoms with Crippen molar-refractivity contribution in [3.05, 3.63) is 54.6 Å². The summed E-state index contributed by atoms with van der Waals surface area (Å²) in [5.74, 6) is 1.50. The van der Waals surface area contributed by atoms with Gasteiger partial charge in [-0.3, -0.25) is 4.79 Å². The fourth-order valence-corrected chi connectivity index (χ4v) is 3.50. The van der Waals surface area contributed by atoms with Crippen LogP contribution in [0.4, 0.5) is 5.69 Å². The summed E-state index contributed by atoms with van der Waals surface area (Å²) in [6, 6.07) is 17.1. The van der Waals surface area contributed by atoms with Gasteiger partial charge in [0.15, 0.2) is 11.0 Å². The fraction of sp³-hybridized carbons (Fsp3) is 0.250. The third-order valence-corrected chi connectivity index (χ3v) is 5.15. The van der Waals surface area contributed by atoms with E-state index in [-0.39, 0.29) is 11.2 Å². The van der Waals surface area contributed by atoms with E-state index in [9.17, 15) is 4.79 Å². The first-order valence-corrected chi connectivity index (χ1v) is 9.60. The zero-order valence-corrected chi connectivity index (χ0v) is 16.4. The average Bonchev–Trinajstić information content (AvgIpc) is 3.11. The van der Waals surface area contributed by atoms with E-state index in [0.717, 1.165) is 28.0 Å². The lowest BCUT2D eigenvalue weighted by Crippen LogP contribution is -2.22. The van der Waals surface area contributed by atoms with Gasteiger partial charge in [0.1, 0.15) is 5.75 Å². The molecular weight excluding hydrogens is 360 g/mol. The van der Waals surface area contributed by atoms with E-state index in [1.807, 2.05) is 73.0 Å². The molecule has 0 saturated heterocycles. The van der Waals surface area contributed by atoms with Crippen LogP contribution >= 0.6 is 11.8 Å². The molecule has 0 unspecified atom stereocenters. The summed E-state index contributed by atoms with van der Waals surface area (Å²) in [6.07, 6.45) is 0. The number of anilines is 1. The third kappa shape index (κ3) is 4.49. The molecule has 0 spiro atoms. The van der Waals surface area contributed by atoms with E-state index in [1.54, 1.807) is 7.11 Å². The highest BCUT2D eigenvalue weighted by Gasteiger charge is 2.20. The predicted molar refractivity (Wildman–Crippen MR) is 108 cm³/mol. The van der Waals surface area contributed by atoms with Crippen LogP contribution in [-0.2, 0) is 11.3 Å². The molecule has 0 saturated carbocycles. The van der Waals surface area contributed by atoms with Crippen molar-refractivity contribution in [1.82, 2.24) is 14.8 Å². The Bertz CT molecular complexity index is 894. The third-order valence-electron chi connectivity index (χ3n) is 4.07. The van der Waals surface area contributed by atoms with Crippen LogP contribution in [-0.4, -0.2) is 33.0 Å². The van der Waals surface area contributed by atoms with Crippen LogP contribution in [0.1, 0.15) is 13.8 Å². The van der Waals surface area contributed by atoms with Gasteiger partial charge in [-0.05, 0) is 50.2 Å². The van der Waals surface area contributed by atoms with Crippen molar-refractivity contribution in [2.75, 3.05) is 12.4 Å². The Hall–Kier alpha value is -2.80. The van der Waals surface area contributed by atoms with Gasteiger partial charge in [0.2, 0.25) is 5.91 Å². The maximum absolute atomic E-state index is 12.5. The minimum absolute atomic E-state index is 0.0668. The monoisotopic (exact) mass is 382 g/mol. The summed E-state index contributed by atoms with van der Waals surface area (Å²) in [5.41, 5.74) is 1.74. The first kappa shape index (κ1) is 19.0. The number of benzene rings is 2. The number of rotatable bonds is 7. The number of carbonyl (C=O) groups excluding carboxylic acids is 1. The standard InChI is InChI=1S/C20H22N4O2S/c1-4-24-18(15-10-12-17(26-3)13-11-15)22-23-20(24)27-14(2)19(25)21-16-8-6-5-7-9-16/h5-14H,4H2,1-3H3,(H,21,25)/t14-/m1/s1. The normalized spacial score (nSPS) is 11.8. The number of methoxy groups -OCH3 is 1. The predicted octanol–water partition coefficient (Wildman–Crippen LogP) is 4.09. The lowest BCUT2D eigenvalue weighted by Gasteiger charge is -2.13. The molecule has 0 bridgehead atoms. The summed E-state index contributed by atoms with van der Waals surface area (Å²) in [6.45, 7) is 4.61. The van der Waals surface area contributed by atoms with E-state index in [0.29, 0.717) is 6.54 Å². The highest BCUT2D eigenvalue weighted by molar-refractivity contribution is 8.00. The van der Waals surface area contributed by atoms with Gasteiger partial charge in [-0.25, -0.2) is 0 Å². The maximum atomic E-state index is 12.5. The Kier molecular flexibility index (Phi) is 6.13. The molecule has 2 aromatic carbocycles. The number of para-hydroxylation sites is 1. The van der Waals surface area contributed by atoms with Crippen molar-refractivity contribution >= 4 is 23.4 Å². The molecule has 27 heavy (non-hydrogen) atoms. The Balaban J connectivity index is 1.74. The number of aromatic nitrogens is 3. The minimum atomic E-state index is -0.302. The van der Waals surface area contributed by atoms with Gasteiger partial charge in [0.05, 0.1) is 12.4 Å². The molecule has 140 valence electrons. The number of nitrogens with one attached hydrogen (secondary N) is 1. The zero-order chi connectivity index (χ0) is 19.2. The summed E-state index contributed by atoms with van der Waals surface area (Å²) in [7, 11) is 1.64. The molecule has 1 heterocycles. The molecule has 0 radical (unpaired) electrons. The number of thioether (sulfide) groups is 1. The first-order valence-electron chi connectivity index (χ1n) is 8.72. The SMILES string of the molecule is CCn1c(S[C@H](C)C(=O)Nc2ccccc2)nnc1-c1ccc(OC)cc1. The molecule has 7 heteroatoms. The second-order valence-corrected chi connectivity index (χ2v) is 7.20. The van der Waals surface area contributed by atoms with Gasteiger partial charge in [-0.2, -0.15) is 0 Å². The van der Waals surface area contributed by atoms with Crippen molar-refractivity contribution < 1.29 is 9.53 Å². The van der Waals surface area contributed by atoms with Crippen LogP contribution in [0.5, 0.6) is 5.75 Å². The lowest BCUT2D eigenvalue weighted by atomic mass is 10.2. The molecule has 0 aliphatic carbocycles. The van der Waals surface area contributed by atoms with Gasteiger partial charge >= 0.3 is 0 Å². The molecule has 3 rings (SSSR count). The number of amides is 1. The number of ether oxygens (including phenoxy) is 1. The summed E-state index contributed by atoms with van der Waals surface area (Å²) in [5, 5.41) is 12.0. The van der Waals surface area contributed by atoms with Gasteiger partial charge in [0.25, 0.3) is 0 Å². The van der Waals surface area contributed by atoms with Gasteiger partial charge in [-0.1, -0.05) is 30.0 Å². The molecule has 0 fully saturated rings. The summed E-state index contributed by atoms with van der Waals surface area (Å²) < 4.78 is 7.22. The fourth-order valence-electron chi connectivity index (χ4n) is 2.59. The van der Waals surface area contributed by atoms with Crippen LogP contribution in [0, 0.1) is 0 Å². The molecule has 6 nitrogen and oxygen atoms in total. The number of carbonyl (C=O) groups is 1. The minimum Gasteiger partial charge on any atom is -0.497 e. The second kappa shape index (κ2) is 8.73. The van der Waals surface area contributed by atoms with Crippen LogP contribution < -0.4 is 10.1 Å². The van der Waals surface area contributed by atoms with E-state index < -0.39 is 0 Å². The van der Waals surface area contributed by atoms with E-state index in [2.05, 4.69) is 15.5 Å². The Morgan fingerprint density at radius 2 is 1.85 bits per heavy atom. The Labute approximate surface area is 163 Å². The van der Waals surface area contributed by atoms with Crippen molar-refractivity contribution in [2.24, 2.45) is 0 Å². The lowest BCUT2D eigenvalue weighted by molar-refractivity contribution is -0.115. The highest BCUT2D eigenvalue weighted by atomic mass is 32.2. The van der Waals surface area contributed by atoms with Crippen LogP contribution in [0.25, 0.3) is 11.4 Å². The molecular formula is C20H22N4O2S. The van der Waals surface area contributed by atoms with E-state index in [1.165, 1.54) is 11.8 Å². The largest absolute Gasteiger partial charge is 0.497 e. The summed E-state index contributed by atoms with van der Waals surface area (Å²) >= 11 is 1.40. The second-order valence-electron chi connectivity index (χ2n) is 5.89. The molecule has 1 N–H and O–H groups in total. The number of hydrogen-bond donors (Lipinski definition) is 1. The quantitative estimate of drug-likeness (QED) is 0.623. The van der Waals surface area contributed by atoms with Crippen molar-refractivity contribution in [1.29, 1.82) is 0 Å². The molecule has 1 amide bonds. The molecule has 1 atom stereocenters. The Morgan fingerprint density at radius 3 is 2.48 bits per heavy atom. The topological polar surface area (TPSA) is 69.0 Å². The number of hydrogen-bond acceptors (Lipinski definition) is 5. The maximum Gasteiger partial charge on any atom is 0.237 e. The van der Waals surface area contributed by atoms with Crippen molar-refractivity contribution in [3.8, 4) is 17.1 Å². The van der Waals surface area contributed by atoms with Crippen LogP contribution in [0.3, 0.4) is 0 Å². The summed E-state index contributed by atoms with van der Waals surface area (Å²) in [4.78, 5) is 12.5. The molecule has 3 aromatic rings. The smallest absolute Gasteiger partial charge is 0.237 e. The first-order chi connectivity index (χ1) is 13.1. The zero-order valence-electron chi connectivity index (χ0n) is 15.5. The van der Waals surface area contributed by atoms with Gasteiger partial charge < -0.3 is 14.6 Å². The van der Waals surface area contributed by atoms with Crippen LogP contribution in [0.15, 0.2) is 59.8 Å². The van der Waals surface area contributed by atoms with Gasteiger partial charge in [0, 0.05) is 17.8 Å². The highest BCUT2D eigenvalue weighted by Crippen LogP contribution is 2.28. The van der Waals surface area contributed by atoms with E-state index in [4.69, 9.17) is 4.74 Å². The van der Waals surface area contributed by atoms with Crippen molar-refractivity contribution in [3.63, 3.8) is 0 Å².